The number of rotatable bonds is 5. The van der Waals surface area contributed by atoms with Gasteiger partial charge in [-0.1, -0.05) is 46.2 Å². The Hall–Kier alpha value is -1.02. The summed E-state index contributed by atoms with van der Waals surface area (Å²) < 4.78 is 0. The molecular weight excluding hydrogens is 244 g/mol. The fraction of sp³-hybridized carbons (Fsp3) is 0.667. The summed E-state index contributed by atoms with van der Waals surface area (Å²) in [4.78, 5) is 2.62. The van der Waals surface area contributed by atoms with Crippen molar-refractivity contribution in [1.29, 1.82) is 0 Å². The second-order valence-corrected chi connectivity index (χ2v) is 6.39. The molecule has 1 aromatic carbocycles. The maximum atomic E-state index is 3.69. The monoisotopic (exact) mass is 274 g/mol. The van der Waals surface area contributed by atoms with E-state index in [1.54, 1.807) is 0 Å². The van der Waals surface area contributed by atoms with Gasteiger partial charge in [0, 0.05) is 30.9 Å². The number of nitrogens with zero attached hydrogens (tertiary/aromatic N) is 1. The lowest BCUT2D eigenvalue weighted by atomic mass is 9.96. The third kappa shape index (κ3) is 3.54. The van der Waals surface area contributed by atoms with E-state index < -0.39 is 0 Å². The molecule has 2 rings (SSSR count). The lowest BCUT2D eigenvalue weighted by molar-refractivity contribution is 0.333. The second kappa shape index (κ2) is 7.12. The molecule has 1 aliphatic heterocycles. The van der Waals surface area contributed by atoms with Crippen molar-refractivity contribution in [3.05, 3.63) is 29.8 Å². The van der Waals surface area contributed by atoms with Gasteiger partial charge in [0.25, 0.3) is 0 Å². The first-order chi connectivity index (χ1) is 9.65. The SMILES string of the molecule is CCCc1ccc(N2CC(CC)NCC2C(C)C)cc1. The highest BCUT2D eigenvalue weighted by molar-refractivity contribution is 5.49. The van der Waals surface area contributed by atoms with Crippen molar-refractivity contribution in [3.8, 4) is 0 Å². The number of piperazine rings is 1. The molecule has 1 heterocycles. The number of aryl methyl sites for hydroxylation is 1. The van der Waals surface area contributed by atoms with Crippen LogP contribution in [-0.2, 0) is 6.42 Å². The third-order valence-corrected chi connectivity index (χ3v) is 4.50. The average molecular weight is 274 g/mol. The van der Waals surface area contributed by atoms with Gasteiger partial charge >= 0.3 is 0 Å². The minimum absolute atomic E-state index is 0.606. The standard InChI is InChI=1S/C18H30N2/c1-5-7-15-8-10-17(11-9-15)20-13-16(6-2)19-12-18(20)14(3)4/h8-11,14,16,18-19H,5-7,12-13H2,1-4H3. The fourth-order valence-corrected chi connectivity index (χ4v) is 3.14. The Balaban J connectivity index is 2.16. The highest BCUT2D eigenvalue weighted by Gasteiger charge is 2.29. The van der Waals surface area contributed by atoms with Crippen molar-refractivity contribution in [2.45, 2.75) is 59.0 Å². The molecule has 1 aliphatic rings. The van der Waals surface area contributed by atoms with Gasteiger partial charge in [0.05, 0.1) is 0 Å². The third-order valence-electron chi connectivity index (χ3n) is 4.50. The summed E-state index contributed by atoms with van der Waals surface area (Å²) in [7, 11) is 0. The van der Waals surface area contributed by atoms with Gasteiger partial charge in [-0.05, 0) is 36.5 Å². The maximum Gasteiger partial charge on any atom is 0.0438 e. The van der Waals surface area contributed by atoms with Crippen LogP contribution >= 0.6 is 0 Å². The topological polar surface area (TPSA) is 15.3 Å². The van der Waals surface area contributed by atoms with Crippen LogP contribution in [-0.4, -0.2) is 25.2 Å². The van der Waals surface area contributed by atoms with Crippen LogP contribution in [0.25, 0.3) is 0 Å². The van der Waals surface area contributed by atoms with Gasteiger partial charge < -0.3 is 10.2 Å². The fourth-order valence-electron chi connectivity index (χ4n) is 3.14. The summed E-state index contributed by atoms with van der Waals surface area (Å²) in [6.45, 7) is 11.4. The lowest BCUT2D eigenvalue weighted by Crippen LogP contribution is -2.58. The molecule has 2 heteroatoms. The molecule has 2 atom stereocenters. The molecule has 0 aliphatic carbocycles. The summed E-state index contributed by atoms with van der Waals surface area (Å²) in [6.07, 6.45) is 3.61. The van der Waals surface area contributed by atoms with Crippen LogP contribution < -0.4 is 10.2 Å². The maximum absolute atomic E-state index is 3.69. The average Bonchev–Trinajstić information content (AvgIpc) is 2.47. The van der Waals surface area contributed by atoms with Gasteiger partial charge in [0.1, 0.15) is 0 Å². The zero-order valence-corrected chi connectivity index (χ0v) is 13.5. The Morgan fingerprint density at radius 2 is 1.90 bits per heavy atom. The quantitative estimate of drug-likeness (QED) is 0.877. The van der Waals surface area contributed by atoms with Gasteiger partial charge in [-0.2, -0.15) is 0 Å². The second-order valence-electron chi connectivity index (χ2n) is 6.39. The Bertz CT molecular complexity index is 396. The summed E-state index contributed by atoms with van der Waals surface area (Å²) in [5.41, 5.74) is 2.85. The number of hydrogen-bond acceptors (Lipinski definition) is 2. The normalized spacial score (nSPS) is 23.4. The number of anilines is 1. The van der Waals surface area contributed by atoms with Crippen molar-refractivity contribution in [2.75, 3.05) is 18.0 Å². The minimum atomic E-state index is 0.606. The van der Waals surface area contributed by atoms with Crippen LogP contribution in [0.4, 0.5) is 5.69 Å². The molecule has 0 saturated carbocycles. The van der Waals surface area contributed by atoms with Crippen molar-refractivity contribution in [3.63, 3.8) is 0 Å². The van der Waals surface area contributed by atoms with E-state index in [-0.39, 0.29) is 0 Å². The first-order valence-corrected chi connectivity index (χ1v) is 8.24. The summed E-state index contributed by atoms with van der Waals surface area (Å²) in [5, 5.41) is 3.69. The van der Waals surface area contributed by atoms with E-state index in [1.165, 1.54) is 30.5 Å². The molecule has 1 N–H and O–H groups in total. The van der Waals surface area contributed by atoms with E-state index in [0.717, 1.165) is 13.1 Å². The van der Waals surface area contributed by atoms with Gasteiger partial charge in [-0.3, -0.25) is 0 Å². The van der Waals surface area contributed by atoms with Gasteiger partial charge in [0.2, 0.25) is 0 Å². The zero-order valence-electron chi connectivity index (χ0n) is 13.5. The molecule has 2 unspecified atom stereocenters. The van der Waals surface area contributed by atoms with Crippen molar-refractivity contribution in [2.24, 2.45) is 5.92 Å². The number of nitrogens with one attached hydrogen (secondary N) is 1. The van der Waals surface area contributed by atoms with E-state index in [1.807, 2.05) is 0 Å². The van der Waals surface area contributed by atoms with Crippen LogP contribution in [0.3, 0.4) is 0 Å². The molecule has 0 spiro atoms. The molecule has 2 nitrogen and oxygen atoms in total. The first kappa shape index (κ1) is 15.4. The molecule has 1 aromatic rings. The van der Waals surface area contributed by atoms with E-state index in [2.05, 4.69) is 62.2 Å². The molecule has 0 amide bonds. The highest BCUT2D eigenvalue weighted by atomic mass is 15.2. The number of hydrogen-bond donors (Lipinski definition) is 1. The van der Waals surface area contributed by atoms with Crippen LogP contribution in [0.15, 0.2) is 24.3 Å². The van der Waals surface area contributed by atoms with E-state index in [9.17, 15) is 0 Å². The van der Waals surface area contributed by atoms with Crippen molar-refractivity contribution < 1.29 is 0 Å². The molecule has 20 heavy (non-hydrogen) atoms. The van der Waals surface area contributed by atoms with Gasteiger partial charge in [-0.15, -0.1) is 0 Å². The van der Waals surface area contributed by atoms with E-state index in [4.69, 9.17) is 0 Å². The van der Waals surface area contributed by atoms with Crippen molar-refractivity contribution in [1.82, 2.24) is 5.32 Å². The Kier molecular flexibility index (Phi) is 5.47. The zero-order chi connectivity index (χ0) is 14.5. The molecular formula is C18H30N2. The van der Waals surface area contributed by atoms with Crippen molar-refractivity contribution >= 4 is 5.69 Å². The summed E-state index contributed by atoms with van der Waals surface area (Å²) >= 11 is 0. The molecule has 1 saturated heterocycles. The molecule has 0 radical (unpaired) electrons. The van der Waals surface area contributed by atoms with Gasteiger partial charge in [0.15, 0.2) is 0 Å². The summed E-state index contributed by atoms with van der Waals surface area (Å²) in [6, 6.07) is 10.5. The largest absolute Gasteiger partial charge is 0.365 e. The number of benzene rings is 1. The van der Waals surface area contributed by atoms with Crippen LogP contribution in [0, 0.1) is 5.92 Å². The summed E-state index contributed by atoms with van der Waals surface area (Å²) in [5.74, 6) is 0.677. The minimum Gasteiger partial charge on any atom is -0.365 e. The van der Waals surface area contributed by atoms with Gasteiger partial charge in [-0.25, -0.2) is 0 Å². The molecule has 112 valence electrons. The Morgan fingerprint density at radius 1 is 1.20 bits per heavy atom. The Morgan fingerprint density at radius 3 is 2.45 bits per heavy atom. The van der Waals surface area contributed by atoms with Crippen LogP contribution in [0.1, 0.15) is 46.1 Å². The lowest BCUT2D eigenvalue weighted by Gasteiger charge is -2.44. The molecule has 0 aromatic heterocycles. The molecule has 1 fully saturated rings. The molecule has 0 bridgehead atoms. The highest BCUT2D eigenvalue weighted by Crippen LogP contribution is 2.25. The van der Waals surface area contributed by atoms with E-state index >= 15 is 0 Å². The first-order valence-electron chi connectivity index (χ1n) is 8.24. The van der Waals surface area contributed by atoms with E-state index in [0.29, 0.717) is 18.0 Å². The van der Waals surface area contributed by atoms with Crippen LogP contribution in [0.2, 0.25) is 0 Å². The Labute approximate surface area is 124 Å². The van der Waals surface area contributed by atoms with Crippen LogP contribution in [0.5, 0.6) is 0 Å². The predicted molar refractivity (Wildman–Crippen MR) is 88.5 cm³/mol. The predicted octanol–water partition coefficient (Wildman–Crippen LogP) is 3.85. The smallest absolute Gasteiger partial charge is 0.0438 e.